The van der Waals surface area contributed by atoms with E-state index in [1.54, 1.807) is 6.20 Å². The van der Waals surface area contributed by atoms with E-state index in [1.807, 2.05) is 66.3 Å². The van der Waals surface area contributed by atoms with Crippen LogP contribution in [-0.2, 0) is 16.6 Å². The third kappa shape index (κ3) is 2.39. The quantitative estimate of drug-likeness (QED) is 0.540. The lowest BCUT2D eigenvalue weighted by molar-refractivity contribution is -0.122. The van der Waals surface area contributed by atoms with Crippen LogP contribution in [0.2, 0.25) is 0 Å². The number of fused-ring (bicyclic) bond motifs is 2. The molecule has 0 fully saturated rings. The monoisotopic (exact) mass is 383 g/mol. The van der Waals surface area contributed by atoms with Gasteiger partial charge < -0.3 is 4.57 Å². The van der Waals surface area contributed by atoms with E-state index < -0.39 is 11.8 Å². The minimum Gasteiger partial charge on any atom is -0.350 e. The summed E-state index contributed by atoms with van der Waals surface area (Å²) >= 11 is 0. The molecule has 6 heteroatoms. The van der Waals surface area contributed by atoms with E-state index in [0.717, 1.165) is 16.3 Å². The highest BCUT2D eigenvalue weighted by Gasteiger charge is 2.35. The predicted molar refractivity (Wildman–Crippen MR) is 111 cm³/mol. The van der Waals surface area contributed by atoms with E-state index in [1.165, 1.54) is 11.5 Å². The van der Waals surface area contributed by atoms with Gasteiger partial charge in [0.2, 0.25) is 5.91 Å². The number of aryl methyl sites for hydroxylation is 1. The van der Waals surface area contributed by atoms with Gasteiger partial charge in [-0.05, 0) is 12.1 Å². The summed E-state index contributed by atoms with van der Waals surface area (Å²) in [6.07, 6.45) is 3.51. The summed E-state index contributed by atoms with van der Waals surface area (Å²) < 4.78 is 3.44. The number of nitrogens with one attached hydrogen (secondary N) is 1. The van der Waals surface area contributed by atoms with E-state index in [0.29, 0.717) is 27.8 Å². The first kappa shape index (κ1) is 17.2. The molecule has 29 heavy (non-hydrogen) atoms. The fourth-order valence-electron chi connectivity index (χ4n) is 4.15. The van der Waals surface area contributed by atoms with Gasteiger partial charge in [-0.3, -0.25) is 24.3 Å². The Morgan fingerprint density at radius 1 is 0.793 bits per heavy atom. The summed E-state index contributed by atoms with van der Waals surface area (Å²) in [5, 5.41) is 4.08. The number of hydrogen-bond donors (Lipinski definition) is 1. The van der Waals surface area contributed by atoms with E-state index in [4.69, 9.17) is 0 Å². The maximum absolute atomic E-state index is 12.8. The van der Waals surface area contributed by atoms with Crippen molar-refractivity contribution in [2.75, 3.05) is 0 Å². The molecule has 0 saturated carbocycles. The lowest BCUT2D eigenvalue weighted by atomic mass is 9.95. The van der Waals surface area contributed by atoms with Gasteiger partial charge >= 0.3 is 0 Å². The first-order chi connectivity index (χ1) is 14.0. The van der Waals surface area contributed by atoms with Gasteiger partial charge in [0, 0.05) is 53.8 Å². The van der Waals surface area contributed by atoms with Crippen LogP contribution < -0.4 is 5.32 Å². The second-order valence-electron chi connectivity index (χ2n) is 7.15. The molecule has 0 radical (unpaired) electrons. The molecule has 2 amide bonds. The maximum atomic E-state index is 12.8. The summed E-state index contributed by atoms with van der Waals surface area (Å²) in [4.78, 5) is 37.8. The van der Waals surface area contributed by atoms with E-state index in [2.05, 4.69) is 5.32 Å². The minimum atomic E-state index is -0.454. The third-order valence-electron chi connectivity index (χ3n) is 5.42. The molecule has 0 aliphatic carbocycles. The normalized spacial score (nSPS) is 14.3. The summed E-state index contributed by atoms with van der Waals surface area (Å²) in [6, 6.07) is 15.1. The van der Waals surface area contributed by atoms with Gasteiger partial charge in [0.05, 0.1) is 16.7 Å². The lowest BCUT2D eigenvalue weighted by Crippen LogP contribution is -2.22. The Morgan fingerprint density at radius 3 is 1.93 bits per heavy atom. The van der Waals surface area contributed by atoms with Gasteiger partial charge in [-0.1, -0.05) is 36.4 Å². The Balaban J connectivity index is 1.88. The summed E-state index contributed by atoms with van der Waals surface area (Å²) in [5.41, 5.74) is 3.56. The van der Waals surface area contributed by atoms with Crippen LogP contribution in [0.1, 0.15) is 22.8 Å². The van der Waals surface area contributed by atoms with Crippen molar-refractivity contribution in [3.05, 3.63) is 72.1 Å². The number of aromatic nitrogens is 2. The van der Waals surface area contributed by atoms with Gasteiger partial charge in [0.1, 0.15) is 0 Å². The highest BCUT2D eigenvalue weighted by Crippen LogP contribution is 2.38. The van der Waals surface area contributed by atoms with Crippen LogP contribution >= 0.6 is 0 Å². The predicted octanol–water partition coefficient (Wildman–Crippen LogP) is 3.36. The highest BCUT2D eigenvalue weighted by atomic mass is 16.2. The van der Waals surface area contributed by atoms with E-state index in [9.17, 15) is 14.4 Å². The molecule has 0 atom stereocenters. The standard InChI is InChI=1S/C23H17N3O3/c1-13(27)26-12-17(15-8-4-6-10-19(15)26)21-20(22(28)24-23(21)29)16-11-25(2)18-9-5-3-7-14(16)18/h3-12H,1-2H3,(H,24,28,29). The Labute approximate surface area is 166 Å². The molecule has 2 aromatic carbocycles. The van der Waals surface area contributed by atoms with Crippen molar-refractivity contribution in [1.82, 2.24) is 14.5 Å². The molecule has 0 unspecified atom stereocenters. The zero-order valence-electron chi connectivity index (χ0n) is 15.9. The first-order valence-electron chi connectivity index (χ1n) is 9.23. The number of carbonyl (C=O) groups excluding carboxylic acids is 3. The Morgan fingerprint density at radius 2 is 1.31 bits per heavy atom. The molecule has 2 aromatic heterocycles. The first-order valence-corrected chi connectivity index (χ1v) is 9.23. The molecule has 5 rings (SSSR count). The Hall–Kier alpha value is -3.93. The minimum absolute atomic E-state index is 0.163. The van der Waals surface area contributed by atoms with Gasteiger partial charge in [0.15, 0.2) is 0 Å². The number of para-hydroxylation sites is 2. The van der Waals surface area contributed by atoms with Gasteiger partial charge in [0.25, 0.3) is 11.8 Å². The average Bonchev–Trinajstić information content (AvgIpc) is 3.33. The summed E-state index contributed by atoms with van der Waals surface area (Å²) in [5.74, 6) is -1.05. The molecule has 142 valence electrons. The Bertz CT molecular complexity index is 1400. The van der Waals surface area contributed by atoms with Crippen molar-refractivity contribution in [3.63, 3.8) is 0 Å². The number of carbonyl (C=O) groups is 3. The van der Waals surface area contributed by atoms with Crippen molar-refractivity contribution >= 4 is 50.7 Å². The molecule has 6 nitrogen and oxygen atoms in total. The molecule has 4 aromatic rings. The van der Waals surface area contributed by atoms with Gasteiger partial charge in [-0.2, -0.15) is 0 Å². The largest absolute Gasteiger partial charge is 0.350 e. The number of imide groups is 1. The van der Waals surface area contributed by atoms with Crippen molar-refractivity contribution in [1.29, 1.82) is 0 Å². The van der Waals surface area contributed by atoms with Crippen LogP contribution in [-0.4, -0.2) is 26.9 Å². The molecule has 0 saturated heterocycles. The van der Waals surface area contributed by atoms with E-state index in [-0.39, 0.29) is 5.91 Å². The van der Waals surface area contributed by atoms with Crippen LogP contribution in [0.3, 0.4) is 0 Å². The molecule has 1 aliphatic rings. The molecular formula is C23H17N3O3. The van der Waals surface area contributed by atoms with Crippen LogP contribution in [0.5, 0.6) is 0 Å². The SMILES string of the molecule is CC(=O)n1cc(C2=C(c3cn(C)c4ccccc34)C(=O)NC2=O)c2ccccc21. The fraction of sp³-hybridized carbons (Fsp3) is 0.0870. The zero-order valence-corrected chi connectivity index (χ0v) is 15.9. The fourth-order valence-corrected chi connectivity index (χ4v) is 4.15. The topological polar surface area (TPSA) is 73.1 Å². The summed E-state index contributed by atoms with van der Waals surface area (Å²) in [7, 11) is 1.91. The maximum Gasteiger partial charge on any atom is 0.259 e. The number of benzene rings is 2. The molecule has 0 spiro atoms. The second kappa shape index (κ2) is 6.04. The highest BCUT2D eigenvalue weighted by molar-refractivity contribution is 6.50. The van der Waals surface area contributed by atoms with Crippen LogP contribution in [0, 0.1) is 0 Å². The number of amides is 2. The van der Waals surface area contributed by atoms with Crippen molar-refractivity contribution in [2.24, 2.45) is 7.05 Å². The molecule has 1 aliphatic heterocycles. The number of rotatable bonds is 2. The zero-order chi connectivity index (χ0) is 20.3. The average molecular weight is 383 g/mol. The van der Waals surface area contributed by atoms with Gasteiger partial charge in [-0.25, -0.2) is 0 Å². The van der Waals surface area contributed by atoms with Crippen LogP contribution in [0.25, 0.3) is 33.0 Å². The van der Waals surface area contributed by atoms with Gasteiger partial charge in [-0.15, -0.1) is 0 Å². The van der Waals surface area contributed by atoms with Crippen LogP contribution in [0.15, 0.2) is 60.9 Å². The van der Waals surface area contributed by atoms with E-state index >= 15 is 0 Å². The van der Waals surface area contributed by atoms with Crippen molar-refractivity contribution in [3.8, 4) is 0 Å². The molecular weight excluding hydrogens is 366 g/mol. The number of nitrogens with zero attached hydrogens (tertiary/aromatic N) is 2. The van der Waals surface area contributed by atoms with Crippen LogP contribution in [0.4, 0.5) is 0 Å². The molecule has 1 N–H and O–H groups in total. The Kier molecular flexibility index (Phi) is 3.58. The lowest BCUT2D eigenvalue weighted by Gasteiger charge is -2.03. The van der Waals surface area contributed by atoms with Crippen molar-refractivity contribution < 1.29 is 14.4 Å². The second-order valence-corrected chi connectivity index (χ2v) is 7.15. The summed E-state index contributed by atoms with van der Waals surface area (Å²) in [6.45, 7) is 1.47. The molecule has 0 bridgehead atoms. The smallest absolute Gasteiger partial charge is 0.259 e. The number of hydrogen-bond acceptors (Lipinski definition) is 3. The molecule has 3 heterocycles. The van der Waals surface area contributed by atoms with Crippen molar-refractivity contribution in [2.45, 2.75) is 6.92 Å². The third-order valence-corrected chi connectivity index (χ3v) is 5.42.